The lowest BCUT2D eigenvalue weighted by atomic mass is 9.95. The number of aliphatic imine (C=N–C) groups is 1. The van der Waals surface area contributed by atoms with E-state index < -0.39 is 5.60 Å². The molecule has 0 fully saturated rings. The van der Waals surface area contributed by atoms with Gasteiger partial charge in [-0.15, -0.1) is 0 Å². The van der Waals surface area contributed by atoms with Gasteiger partial charge in [-0.3, -0.25) is 4.99 Å². The number of hydrogen-bond donors (Lipinski definition) is 1. The monoisotopic (exact) mass is 133 g/mol. The number of allylic oxidation sites excluding steroid dienone is 2. The second-order valence-corrected chi connectivity index (χ2v) is 2.37. The van der Waals surface area contributed by atoms with Crippen LogP contribution in [-0.2, 0) is 0 Å². The Morgan fingerprint density at radius 1 is 1.30 bits per heavy atom. The molecule has 1 aliphatic heterocycles. The molecule has 0 aromatic carbocycles. The van der Waals surface area contributed by atoms with Crippen molar-refractivity contribution in [3.8, 4) is 0 Å². The first-order valence-corrected chi connectivity index (χ1v) is 3.15. The third-order valence-electron chi connectivity index (χ3n) is 1.67. The quantitative estimate of drug-likeness (QED) is 0.521. The van der Waals surface area contributed by atoms with Crippen LogP contribution in [0.3, 0.4) is 0 Å². The first-order chi connectivity index (χ1) is 4.81. The normalized spacial score (nSPS) is 34.3. The molecule has 2 rings (SSSR count). The van der Waals surface area contributed by atoms with Gasteiger partial charge in [0.05, 0.1) is 5.71 Å². The fourth-order valence-electron chi connectivity index (χ4n) is 1.09. The van der Waals surface area contributed by atoms with Gasteiger partial charge in [-0.1, -0.05) is 12.2 Å². The van der Waals surface area contributed by atoms with Crippen molar-refractivity contribution in [3.63, 3.8) is 0 Å². The first-order valence-electron chi connectivity index (χ1n) is 3.15. The molecule has 1 atom stereocenters. The molecular weight excluding hydrogens is 126 g/mol. The molecule has 0 spiro atoms. The molecule has 0 radical (unpaired) electrons. The maximum atomic E-state index is 9.66. The van der Waals surface area contributed by atoms with Crippen LogP contribution in [0.5, 0.6) is 0 Å². The summed E-state index contributed by atoms with van der Waals surface area (Å²) in [6, 6.07) is 0. The summed E-state index contributed by atoms with van der Waals surface area (Å²) < 4.78 is 0. The molecule has 0 saturated heterocycles. The molecule has 0 bridgehead atoms. The van der Waals surface area contributed by atoms with Crippen LogP contribution in [0, 0.1) is 0 Å². The van der Waals surface area contributed by atoms with Gasteiger partial charge in [-0.05, 0) is 18.2 Å². The van der Waals surface area contributed by atoms with Crippen LogP contribution in [0.25, 0.3) is 0 Å². The molecule has 1 heterocycles. The summed E-state index contributed by atoms with van der Waals surface area (Å²) in [6.45, 7) is 0. The largest absolute Gasteiger partial charge is 0.376 e. The Labute approximate surface area is 58.9 Å². The van der Waals surface area contributed by atoms with E-state index >= 15 is 0 Å². The molecule has 2 nitrogen and oxygen atoms in total. The predicted octanol–water partition coefficient (Wildman–Crippen LogP) is 0.812. The van der Waals surface area contributed by atoms with E-state index in [9.17, 15) is 5.11 Å². The van der Waals surface area contributed by atoms with Crippen LogP contribution in [0.4, 0.5) is 0 Å². The van der Waals surface area contributed by atoms with E-state index in [1.807, 2.05) is 12.2 Å². The Kier molecular flexibility index (Phi) is 0.939. The highest BCUT2D eigenvalue weighted by molar-refractivity contribution is 6.07. The predicted molar refractivity (Wildman–Crippen MR) is 39.8 cm³/mol. The average molecular weight is 133 g/mol. The Balaban J connectivity index is 2.51. The maximum absolute atomic E-state index is 9.66. The van der Waals surface area contributed by atoms with Gasteiger partial charge in [-0.25, -0.2) is 0 Å². The van der Waals surface area contributed by atoms with E-state index in [1.165, 1.54) is 0 Å². The molecule has 0 saturated carbocycles. The van der Waals surface area contributed by atoms with Crippen LogP contribution in [0.15, 0.2) is 41.6 Å². The van der Waals surface area contributed by atoms with Gasteiger partial charge in [0.15, 0.2) is 0 Å². The lowest BCUT2D eigenvalue weighted by molar-refractivity contribution is 0.217. The van der Waals surface area contributed by atoms with Crippen molar-refractivity contribution in [2.24, 2.45) is 4.99 Å². The van der Waals surface area contributed by atoms with E-state index in [0.717, 1.165) is 0 Å². The highest BCUT2D eigenvalue weighted by atomic mass is 16.3. The smallest absolute Gasteiger partial charge is 0.145 e. The van der Waals surface area contributed by atoms with Crippen molar-refractivity contribution in [1.29, 1.82) is 0 Å². The number of nitrogens with zero attached hydrogens (tertiary/aromatic N) is 1. The number of hydrogen-bond acceptors (Lipinski definition) is 2. The number of fused-ring (bicyclic) bond motifs is 1. The standard InChI is InChI=1S/C8H7NO/c10-8-4-2-1-3-7(8)9-6-5-8/h1-6,10H. The maximum Gasteiger partial charge on any atom is 0.145 e. The molecule has 0 amide bonds. The zero-order valence-electron chi connectivity index (χ0n) is 5.36. The second-order valence-electron chi connectivity index (χ2n) is 2.37. The van der Waals surface area contributed by atoms with Crippen LogP contribution >= 0.6 is 0 Å². The van der Waals surface area contributed by atoms with Crippen molar-refractivity contribution in [3.05, 3.63) is 36.6 Å². The molecule has 0 aromatic rings. The topological polar surface area (TPSA) is 32.6 Å². The van der Waals surface area contributed by atoms with Gasteiger partial charge in [-0.2, -0.15) is 0 Å². The zero-order valence-corrected chi connectivity index (χ0v) is 5.36. The fraction of sp³-hybridized carbons (Fsp3) is 0.125. The van der Waals surface area contributed by atoms with E-state index in [4.69, 9.17) is 0 Å². The van der Waals surface area contributed by atoms with Crippen molar-refractivity contribution in [1.82, 2.24) is 0 Å². The molecule has 10 heavy (non-hydrogen) atoms. The Morgan fingerprint density at radius 2 is 2.20 bits per heavy atom. The lowest BCUT2D eigenvalue weighted by Gasteiger charge is -2.18. The number of rotatable bonds is 0. The molecule has 2 heteroatoms. The highest BCUT2D eigenvalue weighted by Gasteiger charge is 2.29. The minimum Gasteiger partial charge on any atom is -0.376 e. The van der Waals surface area contributed by atoms with Crippen LogP contribution in [0.2, 0.25) is 0 Å². The summed E-state index contributed by atoms with van der Waals surface area (Å²) in [7, 11) is 0. The van der Waals surface area contributed by atoms with E-state index in [0.29, 0.717) is 5.71 Å². The van der Waals surface area contributed by atoms with Gasteiger partial charge in [0.1, 0.15) is 5.60 Å². The summed E-state index contributed by atoms with van der Waals surface area (Å²) in [4.78, 5) is 3.98. The van der Waals surface area contributed by atoms with E-state index in [2.05, 4.69) is 4.99 Å². The Hall–Kier alpha value is -1.15. The summed E-state index contributed by atoms with van der Waals surface area (Å²) in [5, 5.41) is 9.66. The van der Waals surface area contributed by atoms with Crippen LogP contribution in [-0.4, -0.2) is 16.4 Å². The average Bonchev–Trinajstić information content (AvgIpc) is 2.29. The van der Waals surface area contributed by atoms with E-state index in [-0.39, 0.29) is 0 Å². The lowest BCUT2D eigenvalue weighted by Crippen LogP contribution is -2.31. The number of aliphatic hydroxyl groups is 1. The second kappa shape index (κ2) is 1.67. The zero-order chi connectivity index (χ0) is 7.03. The molecule has 2 aliphatic rings. The molecule has 50 valence electrons. The van der Waals surface area contributed by atoms with Crippen molar-refractivity contribution < 1.29 is 5.11 Å². The van der Waals surface area contributed by atoms with Crippen molar-refractivity contribution in [2.45, 2.75) is 5.60 Å². The van der Waals surface area contributed by atoms with Gasteiger partial charge in [0.2, 0.25) is 0 Å². The Morgan fingerprint density at radius 3 is 3.00 bits per heavy atom. The molecule has 1 aliphatic carbocycles. The highest BCUT2D eigenvalue weighted by Crippen LogP contribution is 2.21. The summed E-state index contributed by atoms with van der Waals surface area (Å²) in [6.07, 6.45) is 10.5. The Bertz CT molecular complexity index is 273. The third kappa shape index (κ3) is 0.595. The first kappa shape index (κ1) is 5.62. The summed E-state index contributed by atoms with van der Waals surface area (Å²) >= 11 is 0. The van der Waals surface area contributed by atoms with Gasteiger partial charge in [0.25, 0.3) is 0 Å². The van der Waals surface area contributed by atoms with Crippen LogP contribution in [0.1, 0.15) is 0 Å². The molecule has 1 unspecified atom stereocenters. The fourth-order valence-corrected chi connectivity index (χ4v) is 1.09. The van der Waals surface area contributed by atoms with Crippen LogP contribution < -0.4 is 0 Å². The van der Waals surface area contributed by atoms with Crippen molar-refractivity contribution >= 4 is 5.71 Å². The summed E-state index contributed by atoms with van der Waals surface area (Å²) in [5.41, 5.74) is -0.204. The van der Waals surface area contributed by atoms with Gasteiger partial charge < -0.3 is 5.11 Å². The minimum absolute atomic E-state index is 0.704. The molecule has 0 aromatic heterocycles. The third-order valence-corrected chi connectivity index (χ3v) is 1.67. The molecular formula is C8H7NO. The van der Waals surface area contributed by atoms with E-state index in [1.54, 1.807) is 24.4 Å². The minimum atomic E-state index is -0.908. The van der Waals surface area contributed by atoms with Gasteiger partial charge >= 0.3 is 0 Å². The van der Waals surface area contributed by atoms with Crippen molar-refractivity contribution in [2.75, 3.05) is 0 Å². The summed E-state index contributed by atoms with van der Waals surface area (Å²) in [5.74, 6) is 0. The SMILES string of the molecule is OC12C=CC=CC1=NC=C2. The molecule has 1 N–H and O–H groups in total. The van der Waals surface area contributed by atoms with Gasteiger partial charge in [0, 0.05) is 6.20 Å².